The first-order valence-electron chi connectivity index (χ1n) is 10.8. The Balaban J connectivity index is 1.69. The maximum absolute atomic E-state index is 13.7. The first kappa shape index (κ1) is 23.9. The lowest BCUT2D eigenvalue weighted by Crippen LogP contribution is -2.56. The number of nitrogens with zero attached hydrogens (tertiary/aromatic N) is 3. The van der Waals surface area contributed by atoms with Gasteiger partial charge in [0.15, 0.2) is 5.69 Å². The van der Waals surface area contributed by atoms with Crippen LogP contribution in [0.1, 0.15) is 36.7 Å². The first-order valence-corrected chi connectivity index (χ1v) is 11.1. The van der Waals surface area contributed by atoms with Crippen LogP contribution >= 0.6 is 11.6 Å². The highest BCUT2D eigenvalue weighted by Crippen LogP contribution is 2.35. The van der Waals surface area contributed by atoms with Gasteiger partial charge in [0, 0.05) is 31.4 Å². The standard InChI is InChI=1S/C22H23ClF3N5O3/c1-12(27-15-5-6-16(23)28-19(15)21(33)34)14-9-13(22(24,25)26)11-31-18(32)10-17(29-20(14)31)30-7-3-2-4-8-30/h5-6,9-12,20,27,29H,2-4,7-8H2,1H3,(H,33,34)/t12-,20?/m1/s1. The van der Waals surface area contributed by atoms with Crippen molar-refractivity contribution in [1.82, 2.24) is 20.1 Å². The molecule has 4 rings (SSSR count). The number of halogens is 4. The smallest absolute Gasteiger partial charge is 0.417 e. The number of hydrogen-bond acceptors (Lipinski definition) is 6. The zero-order valence-corrected chi connectivity index (χ0v) is 19.0. The average Bonchev–Trinajstić information content (AvgIpc) is 2.79. The number of carbonyl (C=O) groups is 2. The Morgan fingerprint density at radius 2 is 1.97 bits per heavy atom. The number of carbonyl (C=O) groups excluding carboxylic acids is 1. The SMILES string of the molecule is C[C@@H](Nc1ccc(Cl)nc1C(=O)O)C1=CC(C(F)(F)F)=CN2C(=O)C=C(N3CCCCC3)NC12. The van der Waals surface area contributed by atoms with Gasteiger partial charge in [0.2, 0.25) is 0 Å². The Hall–Kier alpha value is -3.21. The van der Waals surface area contributed by atoms with E-state index in [-0.39, 0.29) is 22.1 Å². The molecule has 0 aliphatic carbocycles. The lowest BCUT2D eigenvalue weighted by atomic mass is 9.96. The summed E-state index contributed by atoms with van der Waals surface area (Å²) in [5, 5.41) is 15.6. The van der Waals surface area contributed by atoms with Crippen molar-refractivity contribution < 1.29 is 27.9 Å². The normalized spacial score (nSPS) is 21.6. The molecule has 8 nitrogen and oxygen atoms in total. The third-order valence-corrected chi connectivity index (χ3v) is 6.16. The number of hydrogen-bond donors (Lipinski definition) is 3. The molecule has 3 N–H and O–H groups in total. The molecule has 1 unspecified atom stereocenters. The van der Waals surface area contributed by atoms with Crippen LogP contribution in [0.3, 0.4) is 0 Å². The molecule has 34 heavy (non-hydrogen) atoms. The van der Waals surface area contributed by atoms with Gasteiger partial charge in [-0.1, -0.05) is 11.6 Å². The van der Waals surface area contributed by atoms with Crippen LogP contribution in [0.15, 0.2) is 47.5 Å². The highest BCUT2D eigenvalue weighted by Gasteiger charge is 2.42. The summed E-state index contributed by atoms with van der Waals surface area (Å²) in [7, 11) is 0. The van der Waals surface area contributed by atoms with Crippen LogP contribution in [0.25, 0.3) is 0 Å². The van der Waals surface area contributed by atoms with E-state index in [0.717, 1.165) is 49.5 Å². The predicted molar refractivity (Wildman–Crippen MR) is 119 cm³/mol. The molecule has 0 saturated carbocycles. The average molecular weight is 498 g/mol. The minimum Gasteiger partial charge on any atom is -0.476 e. The van der Waals surface area contributed by atoms with Crippen LogP contribution in [-0.4, -0.2) is 63.2 Å². The molecule has 1 fully saturated rings. The van der Waals surface area contributed by atoms with Crippen LogP contribution in [0, 0.1) is 0 Å². The predicted octanol–water partition coefficient (Wildman–Crippen LogP) is 3.71. The minimum atomic E-state index is -4.68. The van der Waals surface area contributed by atoms with Crippen molar-refractivity contribution in [3.05, 3.63) is 58.3 Å². The van der Waals surface area contributed by atoms with E-state index >= 15 is 0 Å². The fourth-order valence-corrected chi connectivity index (χ4v) is 4.41. The highest BCUT2D eigenvalue weighted by molar-refractivity contribution is 6.29. The second-order valence-corrected chi connectivity index (χ2v) is 8.68. The monoisotopic (exact) mass is 497 g/mol. The summed E-state index contributed by atoms with van der Waals surface area (Å²) in [6, 6.07) is 1.99. The lowest BCUT2D eigenvalue weighted by Gasteiger charge is -2.43. The van der Waals surface area contributed by atoms with E-state index in [9.17, 15) is 27.9 Å². The van der Waals surface area contributed by atoms with Crippen LogP contribution in [0.2, 0.25) is 5.15 Å². The van der Waals surface area contributed by atoms with Gasteiger partial charge in [0.05, 0.1) is 11.3 Å². The second kappa shape index (κ2) is 9.21. The first-order chi connectivity index (χ1) is 16.0. The van der Waals surface area contributed by atoms with Gasteiger partial charge >= 0.3 is 12.1 Å². The Bertz CT molecular complexity index is 1100. The Morgan fingerprint density at radius 3 is 2.62 bits per heavy atom. The van der Waals surface area contributed by atoms with E-state index in [1.807, 2.05) is 4.90 Å². The van der Waals surface area contributed by atoms with Gasteiger partial charge in [-0.15, -0.1) is 0 Å². The number of nitrogens with one attached hydrogen (secondary N) is 2. The van der Waals surface area contributed by atoms with Gasteiger partial charge in [0.25, 0.3) is 5.91 Å². The van der Waals surface area contributed by atoms with Crippen molar-refractivity contribution in [1.29, 1.82) is 0 Å². The maximum Gasteiger partial charge on any atom is 0.417 e. The molecule has 0 aromatic carbocycles. The molecule has 1 aromatic heterocycles. The fraction of sp³-hybridized carbons (Fsp3) is 0.409. The van der Waals surface area contributed by atoms with Crippen LogP contribution < -0.4 is 10.6 Å². The molecule has 1 saturated heterocycles. The Morgan fingerprint density at radius 1 is 1.26 bits per heavy atom. The number of aromatic carboxylic acids is 1. The molecule has 0 bridgehead atoms. The Labute approximate surface area is 198 Å². The number of aromatic nitrogens is 1. The molecule has 1 amide bonds. The zero-order chi connectivity index (χ0) is 24.6. The van der Waals surface area contributed by atoms with Crippen molar-refractivity contribution in [3.63, 3.8) is 0 Å². The number of pyridine rings is 1. The van der Waals surface area contributed by atoms with Crippen molar-refractivity contribution >= 4 is 29.2 Å². The number of amides is 1. The number of rotatable bonds is 5. The molecule has 0 spiro atoms. The lowest BCUT2D eigenvalue weighted by molar-refractivity contribution is -0.127. The molecule has 3 aliphatic rings. The van der Waals surface area contributed by atoms with Gasteiger partial charge in [-0.3, -0.25) is 9.69 Å². The number of carboxylic acids is 1. The minimum absolute atomic E-state index is 0.0307. The Kier molecular flexibility index (Phi) is 6.48. The molecule has 4 heterocycles. The van der Waals surface area contributed by atoms with Gasteiger partial charge in [-0.2, -0.15) is 13.2 Å². The number of fused-ring (bicyclic) bond motifs is 1. The van der Waals surface area contributed by atoms with E-state index in [2.05, 4.69) is 15.6 Å². The van der Waals surface area contributed by atoms with Crippen molar-refractivity contribution in [3.8, 4) is 0 Å². The van der Waals surface area contributed by atoms with E-state index in [1.165, 1.54) is 18.2 Å². The largest absolute Gasteiger partial charge is 0.476 e. The molecule has 3 aliphatic heterocycles. The van der Waals surface area contributed by atoms with E-state index in [0.29, 0.717) is 5.82 Å². The molecular formula is C22H23ClF3N5O3. The summed E-state index contributed by atoms with van der Waals surface area (Å²) in [6.45, 7) is 3.08. The van der Waals surface area contributed by atoms with Crippen molar-refractivity contribution in [2.75, 3.05) is 18.4 Å². The summed E-state index contributed by atoms with van der Waals surface area (Å²) >= 11 is 5.80. The summed E-state index contributed by atoms with van der Waals surface area (Å²) in [4.78, 5) is 31.3. The van der Waals surface area contributed by atoms with Crippen LogP contribution in [0.4, 0.5) is 18.9 Å². The van der Waals surface area contributed by atoms with E-state index in [4.69, 9.17) is 11.6 Å². The summed E-state index contributed by atoms with van der Waals surface area (Å²) in [6.07, 6.45) is 0.549. The molecule has 12 heteroatoms. The summed E-state index contributed by atoms with van der Waals surface area (Å²) in [5.41, 5.74) is -1.03. The molecule has 2 atom stereocenters. The molecule has 1 aromatic rings. The summed E-state index contributed by atoms with van der Waals surface area (Å²) < 4.78 is 41.0. The van der Waals surface area contributed by atoms with E-state index < -0.39 is 35.8 Å². The van der Waals surface area contributed by atoms with Crippen molar-refractivity contribution in [2.24, 2.45) is 0 Å². The summed E-state index contributed by atoms with van der Waals surface area (Å²) in [5.74, 6) is -1.34. The van der Waals surface area contributed by atoms with Crippen LogP contribution in [-0.2, 0) is 4.79 Å². The maximum atomic E-state index is 13.7. The number of carboxylic acid groups (broad SMARTS) is 1. The fourth-order valence-electron chi connectivity index (χ4n) is 4.26. The van der Waals surface area contributed by atoms with Gasteiger partial charge in [0.1, 0.15) is 17.1 Å². The number of allylic oxidation sites excluding steroid dienone is 2. The quantitative estimate of drug-likeness (QED) is 0.533. The molecular weight excluding hydrogens is 475 g/mol. The van der Waals surface area contributed by atoms with Crippen molar-refractivity contribution in [2.45, 2.75) is 44.6 Å². The topological polar surface area (TPSA) is 97.8 Å². The van der Waals surface area contributed by atoms with Gasteiger partial charge in [-0.25, -0.2) is 9.78 Å². The number of likely N-dealkylation sites (tertiary alicyclic amines) is 1. The second-order valence-electron chi connectivity index (χ2n) is 8.30. The number of piperidine rings is 1. The highest BCUT2D eigenvalue weighted by atomic mass is 35.5. The number of anilines is 1. The third-order valence-electron chi connectivity index (χ3n) is 5.95. The van der Waals surface area contributed by atoms with Gasteiger partial charge < -0.3 is 20.6 Å². The van der Waals surface area contributed by atoms with Gasteiger partial charge in [-0.05, 0) is 50.0 Å². The molecule has 0 radical (unpaired) electrons. The molecule has 182 valence electrons. The number of alkyl halides is 3. The zero-order valence-electron chi connectivity index (χ0n) is 18.2. The third kappa shape index (κ3) is 4.84. The van der Waals surface area contributed by atoms with E-state index in [1.54, 1.807) is 6.92 Å². The van der Waals surface area contributed by atoms with Crippen LogP contribution in [0.5, 0.6) is 0 Å².